The number of hydrogen-bond donors (Lipinski definition) is 3. The van der Waals surface area contributed by atoms with E-state index in [-0.39, 0.29) is 18.5 Å². The fraction of sp³-hybridized carbons (Fsp3) is 0.900. The molecule has 3 N–H and O–H groups in total. The van der Waals surface area contributed by atoms with Gasteiger partial charge < -0.3 is 20.3 Å². The van der Waals surface area contributed by atoms with Crippen molar-refractivity contribution in [2.75, 3.05) is 13.2 Å². The summed E-state index contributed by atoms with van der Waals surface area (Å²) in [5.41, 5.74) is 0. The SMILES string of the molecule is CCCCCCCCCCCC/C=C/C(O)C(CO)NC(=O)CCCCCCCCCCCC/C=C\CCCCCCCCCCCCCCOC(=O)CCCCCCCCCCCCC. The van der Waals surface area contributed by atoms with Gasteiger partial charge in [-0.05, 0) is 57.8 Å². The van der Waals surface area contributed by atoms with Crippen LogP contribution < -0.4 is 5.32 Å². The number of allylic oxidation sites excluding steroid dienone is 3. The Labute approximate surface area is 411 Å². The molecule has 2 atom stereocenters. The van der Waals surface area contributed by atoms with Gasteiger partial charge in [0, 0.05) is 12.8 Å². The minimum Gasteiger partial charge on any atom is -0.466 e. The van der Waals surface area contributed by atoms with Crippen molar-refractivity contribution in [1.29, 1.82) is 0 Å². The Morgan fingerprint density at radius 2 is 0.712 bits per heavy atom. The zero-order valence-corrected chi connectivity index (χ0v) is 44.4. The number of ether oxygens (including phenoxy) is 1. The van der Waals surface area contributed by atoms with Crippen LogP contribution in [0.15, 0.2) is 24.3 Å². The first-order chi connectivity index (χ1) is 32.5. The first-order valence-corrected chi connectivity index (χ1v) is 29.6. The number of esters is 1. The van der Waals surface area contributed by atoms with Crippen LogP contribution in [0, 0.1) is 0 Å². The number of aliphatic hydroxyl groups is 2. The Balaban J connectivity index is 3.40. The Bertz CT molecular complexity index is 1030. The van der Waals surface area contributed by atoms with Gasteiger partial charge in [0.1, 0.15) is 0 Å². The van der Waals surface area contributed by atoms with E-state index >= 15 is 0 Å². The Hall–Kier alpha value is -1.66. The van der Waals surface area contributed by atoms with E-state index in [1.54, 1.807) is 6.08 Å². The normalized spacial score (nSPS) is 12.7. The van der Waals surface area contributed by atoms with Gasteiger partial charge in [-0.25, -0.2) is 0 Å². The van der Waals surface area contributed by atoms with E-state index < -0.39 is 12.1 Å². The van der Waals surface area contributed by atoms with Crippen molar-refractivity contribution in [3.63, 3.8) is 0 Å². The first-order valence-electron chi connectivity index (χ1n) is 29.6. The second kappa shape index (κ2) is 55.9. The highest BCUT2D eigenvalue weighted by Gasteiger charge is 2.18. The highest BCUT2D eigenvalue weighted by molar-refractivity contribution is 5.76. The molecule has 390 valence electrons. The molecule has 0 saturated carbocycles. The predicted molar refractivity (Wildman–Crippen MR) is 287 cm³/mol. The van der Waals surface area contributed by atoms with E-state index in [1.807, 2.05) is 6.08 Å². The third-order valence-electron chi connectivity index (χ3n) is 13.7. The van der Waals surface area contributed by atoms with Gasteiger partial charge in [-0.2, -0.15) is 0 Å². The summed E-state index contributed by atoms with van der Waals surface area (Å²) in [7, 11) is 0. The molecule has 2 unspecified atom stereocenters. The number of carbonyl (C=O) groups excluding carboxylic acids is 2. The summed E-state index contributed by atoms with van der Waals surface area (Å²) in [6.07, 6.45) is 67.9. The lowest BCUT2D eigenvalue weighted by molar-refractivity contribution is -0.143. The minimum absolute atomic E-state index is 0.0136. The van der Waals surface area contributed by atoms with Crippen LogP contribution in [-0.2, 0) is 14.3 Å². The maximum Gasteiger partial charge on any atom is 0.305 e. The Morgan fingerprint density at radius 3 is 1.08 bits per heavy atom. The summed E-state index contributed by atoms with van der Waals surface area (Å²) in [6, 6.07) is -0.627. The topological polar surface area (TPSA) is 95.9 Å². The highest BCUT2D eigenvalue weighted by atomic mass is 16.5. The van der Waals surface area contributed by atoms with Gasteiger partial charge in [0.15, 0.2) is 0 Å². The molecule has 0 saturated heterocycles. The largest absolute Gasteiger partial charge is 0.466 e. The van der Waals surface area contributed by atoms with Crippen LogP contribution in [0.3, 0.4) is 0 Å². The lowest BCUT2D eigenvalue weighted by Gasteiger charge is -2.20. The molecule has 0 radical (unpaired) electrons. The molecule has 0 rings (SSSR count). The highest BCUT2D eigenvalue weighted by Crippen LogP contribution is 2.17. The zero-order chi connectivity index (χ0) is 47.9. The van der Waals surface area contributed by atoms with Gasteiger partial charge >= 0.3 is 5.97 Å². The van der Waals surface area contributed by atoms with Crippen molar-refractivity contribution >= 4 is 11.9 Å². The molecule has 1 amide bonds. The number of hydrogen-bond acceptors (Lipinski definition) is 5. The van der Waals surface area contributed by atoms with Crippen LogP contribution in [0.4, 0.5) is 0 Å². The van der Waals surface area contributed by atoms with E-state index in [9.17, 15) is 19.8 Å². The molecule has 6 heteroatoms. The molecule has 0 aliphatic heterocycles. The summed E-state index contributed by atoms with van der Waals surface area (Å²) < 4.78 is 5.46. The van der Waals surface area contributed by atoms with Crippen LogP contribution >= 0.6 is 0 Å². The molecule has 0 spiro atoms. The summed E-state index contributed by atoms with van der Waals surface area (Å²) in [4.78, 5) is 24.4. The van der Waals surface area contributed by atoms with Crippen molar-refractivity contribution in [3.05, 3.63) is 24.3 Å². The molecule has 0 heterocycles. The van der Waals surface area contributed by atoms with E-state index in [0.717, 1.165) is 38.5 Å². The smallest absolute Gasteiger partial charge is 0.305 e. The molecule has 0 aromatic rings. The van der Waals surface area contributed by atoms with E-state index in [2.05, 4.69) is 31.3 Å². The molecule has 0 aliphatic rings. The molecular weight excluding hydrogens is 815 g/mol. The molecular formula is C60H115NO5. The molecule has 0 aromatic heterocycles. The lowest BCUT2D eigenvalue weighted by Crippen LogP contribution is -2.45. The van der Waals surface area contributed by atoms with Gasteiger partial charge in [0.25, 0.3) is 0 Å². The first kappa shape index (κ1) is 64.3. The third kappa shape index (κ3) is 51.7. The number of carbonyl (C=O) groups is 2. The van der Waals surface area contributed by atoms with Crippen LogP contribution in [-0.4, -0.2) is 47.4 Å². The van der Waals surface area contributed by atoms with Gasteiger partial charge in [-0.1, -0.05) is 276 Å². The monoisotopic (exact) mass is 930 g/mol. The molecule has 0 aromatic carbocycles. The fourth-order valence-electron chi connectivity index (χ4n) is 9.16. The molecule has 0 aliphatic carbocycles. The van der Waals surface area contributed by atoms with Crippen LogP contribution in [0.1, 0.15) is 322 Å². The standard InChI is InChI=1S/C60H115NO5/c1-3-5-7-9-11-13-15-33-36-40-44-48-52-58(63)57(56-62)61-59(64)53-49-45-41-37-34-30-28-26-24-22-20-18-16-17-19-21-23-25-27-29-31-35-39-43-47-51-55-66-60(65)54-50-46-42-38-32-14-12-10-8-6-4-2/h16,18,48,52,57-58,62-63H,3-15,17,19-47,49-51,53-56H2,1-2H3,(H,61,64)/b18-16-,52-48+. The number of rotatable bonds is 55. The third-order valence-corrected chi connectivity index (χ3v) is 13.7. The number of amides is 1. The maximum atomic E-state index is 12.4. The molecule has 0 fully saturated rings. The zero-order valence-electron chi connectivity index (χ0n) is 44.4. The summed E-state index contributed by atoms with van der Waals surface area (Å²) in [6.45, 7) is 4.90. The van der Waals surface area contributed by atoms with E-state index in [0.29, 0.717) is 19.4 Å². The van der Waals surface area contributed by atoms with Crippen molar-refractivity contribution in [2.24, 2.45) is 0 Å². The van der Waals surface area contributed by atoms with Crippen LogP contribution in [0.5, 0.6) is 0 Å². The predicted octanol–water partition coefficient (Wildman–Crippen LogP) is 18.2. The van der Waals surface area contributed by atoms with Crippen LogP contribution in [0.25, 0.3) is 0 Å². The molecule has 0 bridgehead atoms. The summed E-state index contributed by atoms with van der Waals surface area (Å²) >= 11 is 0. The maximum absolute atomic E-state index is 12.4. The van der Waals surface area contributed by atoms with Gasteiger partial charge in [0.05, 0.1) is 25.4 Å². The number of aliphatic hydroxyl groups excluding tert-OH is 2. The summed E-state index contributed by atoms with van der Waals surface area (Å²) in [5, 5.41) is 23.0. The minimum atomic E-state index is -0.844. The average molecular weight is 931 g/mol. The van der Waals surface area contributed by atoms with Crippen molar-refractivity contribution < 1.29 is 24.5 Å². The number of unbranched alkanes of at least 4 members (excludes halogenated alkanes) is 42. The van der Waals surface area contributed by atoms with E-state index in [4.69, 9.17) is 4.74 Å². The quantitative estimate of drug-likeness (QED) is 0.0321. The van der Waals surface area contributed by atoms with Crippen molar-refractivity contribution in [3.8, 4) is 0 Å². The van der Waals surface area contributed by atoms with Crippen molar-refractivity contribution in [1.82, 2.24) is 5.32 Å². The molecule has 66 heavy (non-hydrogen) atoms. The average Bonchev–Trinajstić information content (AvgIpc) is 3.32. The molecule has 6 nitrogen and oxygen atoms in total. The fourth-order valence-corrected chi connectivity index (χ4v) is 9.16. The second-order valence-electron chi connectivity index (χ2n) is 20.3. The summed E-state index contributed by atoms with van der Waals surface area (Å²) in [5.74, 6) is -0.0563. The van der Waals surface area contributed by atoms with Gasteiger partial charge in [0.2, 0.25) is 5.91 Å². The van der Waals surface area contributed by atoms with Crippen molar-refractivity contribution in [2.45, 2.75) is 334 Å². The van der Waals surface area contributed by atoms with Gasteiger partial charge in [-0.15, -0.1) is 0 Å². The van der Waals surface area contributed by atoms with Gasteiger partial charge in [-0.3, -0.25) is 9.59 Å². The van der Waals surface area contributed by atoms with E-state index in [1.165, 1.54) is 257 Å². The number of nitrogens with one attached hydrogen (secondary N) is 1. The lowest BCUT2D eigenvalue weighted by atomic mass is 10.0. The van der Waals surface area contributed by atoms with Crippen LogP contribution in [0.2, 0.25) is 0 Å². The Kier molecular flexibility index (Phi) is 54.5. The second-order valence-corrected chi connectivity index (χ2v) is 20.3. The Morgan fingerprint density at radius 1 is 0.409 bits per heavy atom.